The summed E-state index contributed by atoms with van der Waals surface area (Å²) in [6, 6.07) is 3.33. The summed E-state index contributed by atoms with van der Waals surface area (Å²) >= 11 is 0. The van der Waals surface area contributed by atoms with Crippen molar-refractivity contribution in [2.45, 2.75) is 118 Å². The molecule has 15 nitrogen and oxygen atoms in total. The molecule has 1 amide bonds. The zero-order chi connectivity index (χ0) is 47.8. The number of aliphatic hydroxyl groups is 2. The third-order valence-corrected chi connectivity index (χ3v) is 13.4. The van der Waals surface area contributed by atoms with Gasteiger partial charge in [0.05, 0.1) is 16.9 Å². The largest absolute Gasteiger partial charge is 0.505 e. The number of fused-ring (bicyclic) bond motifs is 8. The summed E-state index contributed by atoms with van der Waals surface area (Å²) in [5, 5.41) is 22.1. The highest BCUT2D eigenvalue weighted by atomic mass is 16.7. The minimum absolute atomic E-state index is 0.0218. The van der Waals surface area contributed by atoms with E-state index in [4.69, 9.17) is 38.2 Å². The standard InChI is InChI=1S/C50H59N3O11.CH4O/c1-10-32-21-29(6)53(24-32)16-18-59-33-22-34(55)40-35(23-33)62-47-41(51-40)37-38-43(56)42(47)52-49(58)28(5)14-11-13-25(2)19-26(3)20-36-44(61-31(8)54)27(4)15-12-17-60-50(9)48(57)39(37)46(64-50)30(7)45(38)63-36;1-2/h11-14,17,22-23,25-27,29,32,36,44,57H,10,15-16,18-21,24H2,1-9H3,(H,52,58);2H,1H3/b13-11+,17-12+,28-14-;/t25?,26-,27-,29?,32?,36?,44?,50+;/m1./s1. The highest BCUT2D eigenvalue weighted by Crippen LogP contribution is 2.44. The summed E-state index contributed by atoms with van der Waals surface area (Å²) in [7, 11) is 1.00. The van der Waals surface area contributed by atoms with E-state index in [1.807, 2.05) is 19.1 Å². The molecule has 66 heavy (non-hydrogen) atoms. The predicted molar refractivity (Wildman–Crippen MR) is 253 cm³/mol. The number of nitrogens with zero attached hydrogens (tertiary/aromatic N) is 2. The molecule has 1 saturated heterocycles. The third-order valence-electron chi connectivity index (χ3n) is 13.4. The molecule has 6 bridgehead atoms. The first-order chi connectivity index (χ1) is 31.5. The van der Waals surface area contributed by atoms with Gasteiger partial charge in [-0.15, -0.1) is 0 Å². The molecule has 8 rings (SSSR count). The predicted octanol–water partition coefficient (Wildman–Crippen LogP) is 7.52. The van der Waals surface area contributed by atoms with Crippen molar-refractivity contribution in [2.75, 3.05) is 32.1 Å². The number of aliphatic hydroxyl groups excluding tert-OH is 2. The van der Waals surface area contributed by atoms with Crippen LogP contribution in [0.4, 0.5) is 5.69 Å². The number of aromatic nitrogens is 1. The first-order valence-corrected chi connectivity index (χ1v) is 23.0. The van der Waals surface area contributed by atoms with E-state index >= 15 is 4.79 Å². The molecule has 1 aromatic heterocycles. The Morgan fingerprint density at radius 2 is 1.79 bits per heavy atom. The molecule has 4 aliphatic rings. The second-order valence-corrected chi connectivity index (χ2v) is 18.5. The number of hydrogen-bond donors (Lipinski definition) is 3. The lowest BCUT2D eigenvalue weighted by molar-refractivity contribution is -0.155. The van der Waals surface area contributed by atoms with Crippen molar-refractivity contribution in [2.24, 2.45) is 23.7 Å². The van der Waals surface area contributed by atoms with Crippen LogP contribution in [0.15, 0.2) is 62.3 Å². The number of hydrogen-bond acceptors (Lipinski definition) is 14. The topological polar surface area (TPSA) is 196 Å². The van der Waals surface area contributed by atoms with Crippen molar-refractivity contribution in [3.05, 3.63) is 79.5 Å². The zero-order valence-electron chi connectivity index (χ0n) is 39.6. The van der Waals surface area contributed by atoms with Gasteiger partial charge >= 0.3 is 11.8 Å². The molecule has 354 valence electrons. The zero-order valence-corrected chi connectivity index (χ0v) is 39.6. The molecular formula is C51H63N3O12. The third kappa shape index (κ3) is 9.24. The molecule has 8 atom stereocenters. The summed E-state index contributed by atoms with van der Waals surface area (Å²) < 4.78 is 38.5. The van der Waals surface area contributed by atoms with Gasteiger partial charge in [0.25, 0.3) is 5.91 Å². The Hall–Kier alpha value is -5.93. The molecule has 0 saturated carbocycles. The lowest BCUT2D eigenvalue weighted by atomic mass is 9.86. The Kier molecular flexibility index (Phi) is 14.2. The SMILES string of the molecule is CCC1CC(C)N(CCOc2cc(=O)c3nc4c(oc3c2)c2c(=O)c3c5c(C)c6c(c34)=C(O)[C@@](C)(O/C=C/C[C@@H](C)C(OC(C)=O)C(C[C@H](C)CC(C)/C=C/C=C(/C)C(=O)N2)O5)O6)C1.CO. The smallest absolute Gasteiger partial charge is 0.307 e. The number of amides is 1. The molecule has 0 aliphatic carbocycles. The van der Waals surface area contributed by atoms with Gasteiger partial charge in [0.1, 0.15) is 47.3 Å². The van der Waals surface area contributed by atoms with Crippen molar-refractivity contribution in [3.63, 3.8) is 0 Å². The first kappa shape index (κ1) is 48.0. The summed E-state index contributed by atoms with van der Waals surface area (Å²) in [6.45, 7) is 18.8. The maximum absolute atomic E-state index is 15.5. The number of rotatable bonds is 6. The number of allylic oxidation sites excluding steroid dienone is 4. The number of carbonyl (C=O) groups excluding carboxylic acids is 2. The van der Waals surface area contributed by atoms with Crippen molar-refractivity contribution < 1.29 is 47.9 Å². The number of carbonyl (C=O) groups is 2. The second-order valence-electron chi connectivity index (χ2n) is 18.5. The number of likely N-dealkylation sites (tertiary alicyclic amines) is 1. The Balaban J connectivity index is 0.00000320. The van der Waals surface area contributed by atoms with E-state index in [0.29, 0.717) is 49.1 Å². The average Bonchev–Trinajstić information content (AvgIpc) is 3.77. The van der Waals surface area contributed by atoms with Crippen LogP contribution in [0.1, 0.15) is 93.1 Å². The van der Waals surface area contributed by atoms with Crippen LogP contribution in [0, 0.1) is 30.6 Å². The van der Waals surface area contributed by atoms with Crippen molar-refractivity contribution in [3.8, 4) is 17.2 Å². The minimum atomic E-state index is -1.77. The monoisotopic (exact) mass is 909 g/mol. The Bertz CT molecular complexity index is 2810. The van der Waals surface area contributed by atoms with Crippen LogP contribution in [0.25, 0.3) is 38.7 Å². The average molecular weight is 910 g/mol. The number of ether oxygens (including phenoxy) is 5. The fourth-order valence-corrected chi connectivity index (χ4v) is 9.89. The van der Waals surface area contributed by atoms with E-state index in [0.717, 1.165) is 32.9 Å². The van der Waals surface area contributed by atoms with Crippen molar-refractivity contribution >= 4 is 56.3 Å². The van der Waals surface area contributed by atoms with Crippen LogP contribution in [0.2, 0.25) is 0 Å². The maximum atomic E-state index is 15.5. The van der Waals surface area contributed by atoms with Gasteiger partial charge in [-0.25, -0.2) is 4.98 Å². The van der Waals surface area contributed by atoms with Gasteiger partial charge in [0.2, 0.25) is 10.9 Å². The van der Waals surface area contributed by atoms with Gasteiger partial charge in [0, 0.05) is 74.7 Å². The van der Waals surface area contributed by atoms with Crippen LogP contribution in [-0.4, -0.2) is 82.8 Å². The summed E-state index contributed by atoms with van der Waals surface area (Å²) in [6.07, 6.45) is 11.0. The molecule has 3 aromatic carbocycles. The summed E-state index contributed by atoms with van der Waals surface area (Å²) in [5.41, 5.74) is -1.03. The fourth-order valence-electron chi connectivity index (χ4n) is 9.89. The van der Waals surface area contributed by atoms with Crippen LogP contribution in [0.3, 0.4) is 0 Å². The molecule has 5 heterocycles. The Morgan fingerprint density at radius 3 is 2.50 bits per heavy atom. The summed E-state index contributed by atoms with van der Waals surface area (Å²) in [4.78, 5) is 63.7. The summed E-state index contributed by atoms with van der Waals surface area (Å²) in [5.74, 6) is -2.25. The molecule has 4 aliphatic heterocycles. The first-order valence-electron chi connectivity index (χ1n) is 23.0. The lowest BCUT2D eigenvalue weighted by Crippen LogP contribution is -2.41. The van der Waals surface area contributed by atoms with Gasteiger partial charge in [-0.1, -0.05) is 52.3 Å². The van der Waals surface area contributed by atoms with Crippen LogP contribution in [0.5, 0.6) is 17.2 Å². The Labute approximate surface area is 384 Å². The molecular weight excluding hydrogens is 847 g/mol. The van der Waals surface area contributed by atoms with Gasteiger partial charge in [-0.3, -0.25) is 24.1 Å². The minimum Gasteiger partial charge on any atom is -0.505 e. The van der Waals surface area contributed by atoms with Crippen LogP contribution in [-0.2, 0) is 19.1 Å². The number of nitrogens with one attached hydrogen (secondary N) is 1. The molecule has 0 radical (unpaired) electrons. The van der Waals surface area contributed by atoms with Gasteiger partial charge in [-0.2, -0.15) is 0 Å². The quantitative estimate of drug-likeness (QED) is 0.0976. The molecule has 3 N–H and O–H groups in total. The van der Waals surface area contributed by atoms with Crippen molar-refractivity contribution in [1.82, 2.24) is 9.88 Å². The van der Waals surface area contributed by atoms with Gasteiger partial charge in [-0.05, 0) is 70.3 Å². The van der Waals surface area contributed by atoms with Gasteiger partial charge < -0.3 is 43.6 Å². The fraction of sp³-hybridized carbons (Fsp3) is 0.510. The maximum Gasteiger partial charge on any atom is 0.307 e. The molecule has 1 fully saturated rings. The van der Waals surface area contributed by atoms with E-state index in [-0.39, 0.29) is 84.6 Å². The highest BCUT2D eigenvalue weighted by molar-refractivity contribution is 6.17. The molecule has 0 spiro atoms. The van der Waals surface area contributed by atoms with E-state index in [2.05, 4.69) is 37.9 Å². The molecule has 15 heteroatoms. The number of benzene rings is 3. The highest BCUT2D eigenvalue weighted by Gasteiger charge is 2.45. The van der Waals surface area contributed by atoms with Crippen LogP contribution >= 0.6 is 0 Å². The van der Waals surface area contributed by atoms with Crippen molar-refractivity contribution in [1.29, 1.82) is 0 Å². The van der Waals surface area contributed by atoms with Crippen LogP contribution < -0.4 is 35.6 Å². The molecule has 5 unspecified atom stereocenters. The van der Waals surface area contributed by atoms with E-state index < -0.39 is 40.7 Å². The van der Waals surface area contributed by atoms with E-state index in [1.165, 1.54) is 19.3 Å². The van der Waals surface area contributed by atoms with E-state index in [9.17, 15) is 19.5 Å². The lowest BCUT2D eigenvalue weighted by Gasteiger charge is -2.34. The van der Waals surface area contributed by atoms with Gasteiger partial charge in [0.15, 0.2) is 22.4 Å². The van der Waals surface area contributed by atoms with E-state index in [1.54, 1.807) is 39.0 Å². The number of anilines is 1. The second kappa shape index (κ2) is 19.5. The number of esters is 1. The Morgan fingerprint density at radius 1 is 1.03 bits per heavy atom. The normalized spacial score (nSPS) is 28.6. The molecule has 4 aromatic rings.